The van der Waals surface area contributed by atoms with Gasteiger partial charge in [-0.1, -0.05) is 49.7 Å². The first-order chi connectivity index (χ1) is 8.99. The van der Waals surface area contributed by atoms with Gasteiger partial charge in [-0.3, -0.25) is 0 Å². The molecule has 2 aromatic rings. The molecule has 102 valence electrons. The molecule has 1 aromatic carbocycles. The Hall–Kier alpha value is -0.830. The van der Waals surface area contributed by atoms with E-state index in [1.54, 1.807) is 0 Å². The molecular weight excluding hydrogens is 276 g/mol. The first-order valence-corrected chi connectivity index (χ1v) is 7.75. The van der Waals surface area contributed by atoms with Crippen LogP contribution >= 0.6 is 22.9 Å². The maximum absolute atomic E-state index is 10.3. The lowest BCUT2D eigenvalue weighted by molar-refractivity contribution is 0.182. The van der Waals surface area contributed by atoms with Crippen LogP contribution in [0.25, 0.3) is 0 Å². The lowest BCUT2D eigenvalue weighted by Gasteiger charge is -2.11. The van der Waals surface area contributed by atoms with Gasteiger partial charge in [-0.15, -0.1) is 11.3 Å². The summed E-state index contributed by atoms with van der Waals surface area (Å²) in [7, 11) is 0. The summed E-state index contributed by atoms with van der Waals surface area (Å²) < 4.78 is 0. The fraction of sp³-hybridized carbons (Fsp3) is 0.375. The minimum atomic E-state index is -0.518. The molecular formula is C16H19ClOS. The van der Waals surface area contributed by atoms with Gasteiger partial charge in [0, 0.05) is 6.42 Å². The predicted octanol–water partition coefficient (Wildman–Crippen LogP) is 5.11. The second-order valence-corrected chi connectivity index (χ2v) is 6.50. The van der Waals surface area contributed by atoms with Crippen molar-refractivity contribution in [2.45, 2.75) is 39.2 Å². The third-order valence-electron chi connectivity index (χ3n) is 3.30. The van der Waals surface area contributed by atoms with Gasteiger partial charge in [0.1, 0.15) is 0 Å². The molecule has 1 unspecified atom stereocenters. The zero-order valence-electron chi connectivity index (χ0n) is 11.5. The van der Waals surface area contributed by atoms with Crippen molar-refractivity contribution in [1.82, 2.24) is 0 Å². The first-order valence-electron chi connectivity index (χ1n) is 6.49. The van der Waals surface area contributed by atoms with Crippen LogP contribution in [0.2, 0.25) is 5.02 Å². The molecule has 0 aliphatic rings. The smallest absolute Gasteiger partial charge is 0.0937 e. The predicted molar refractivity (Wildman–Crippen MR) is 83.3 cm³/mol. The molecule has 0 saturated heterocycles. The highest BCUT2D eigenvalue weighted by atomic mass is 35.5. The molecule has 0 amide bonds. The van der Waals surface area contributed by atoms with Crippen molar-refractivity contribution in [3.8, 4) is 0 Å². The van der Waals surface area contributed by atoms with Gasteiger partial charge in [0.15, 0.2) is 0 Å². The molecule has 0 spiro atoms. The maximum Gasteiger partial charge on any atom is 0.0937 e. The number of aliphatic hydroxyl groups excluding tert-OH is 1. The second kappa shape index (κ2) is 6.08. The minimum absolute atomic E-state index is 0.518. The third-order valence-corrected chi connectivity index (χ3v) is 5.12. The minimum Gasteiger partial charge on any atom is -0.387 e. The highest BCUT2D eigenvalue weighted by Crippen LogP contribution is 2.34. The van der Waals surface area contributed by atoms with E-state index in [2.05, 4.69) is 38.1 Å². The molecule has 0 saturated carbocycles. The second-order valence-electron chi connectivity index (χ2n) is 5.21. The number of aryl methyl sites for hydroxylation is 1. The Morgan fingerprint density at radius 1 is 1.21 bits per heavy atom. The Bertz CT molecular complexity index is 542. The lowest BCUT2D eigenvalue weighted by atomic mass is 9.99. The summed E-state index contributed by atoms with van der Waals surface area (Å²) >= 11 is 7.72. The molecule has 1 aromatic heterocycles. The topological polar surface area (TPSA) is 20.2 Å². The number of aliphatic hydroxyl groups is 1. The van der Waals surface area contributed by atoms with E-state index in [9.17, 15) is 5.11 Å². The average Bonchev–Trinajstić information content (AvgIpc) is 2.70. The number of hydrogen-bond donors (Lipinski definition) is 1. The van der Waals surface area contributed by atoms with E-state index in [1.807, 2.05) is 12.3 Å². The Kier molecular flexibility index (Phi) is 4.67. The van der Waals surface area contributed by atoms with Crippen molar-refractivity contribution >= 4 is 22.9 Å². The highest BCUT2D eigenvalue weighted by molar-refractivity contribution is 7.10. The molecule has 2 rings (SSSR count). The monoisotopic (exact) mass is 294 g/mol. The van der Waals surface area contributed by atoms with Crippen LogP contribution in [0.4, 0.5) is 0 Å². The van der Waals surface area contributed by atoms with Gasteiger partial charge in [-0.05, 0) is 34.9 Å². The molecule has 1 atom stereocenters. The summed E-state index contributed by atoms with van der Waals surface area (Å²) in [5, 5.41) is 13.0. The normalized spacial score (nSPS) is 12.9. The fourth-order valence-corrected chi connectivity index (χ4v) is 3.33. The molecule has 0 fully saturated rings. The third kappa shape index (κ3) is 3.38. The van der Waals surface area contributed by atoms with Gasteiger partial charge in [0.05, 0.1) is 16.0 Å². The highest BCUT2D eigenvalue weighted by Gasteiger charge is 2.16. The molecule has 0 radical (unpaired) electrons. The van der Waals surface area contributed by atoms with Crippen LogP contribution in [-0.4, -0.2) is 5.11 Å². The summed E-state index contributed by atoms with van der Waals surface area (Å²) in [6, 6.07) is 8.45. The number of hydrogen-bond acceptors (Lipinski definition) is 2. The van der Waals surface area contributed by atoms with Crippen molar-refractivity contribution in [2.24, 2.45) is 0 Å². The van der Waals surface area contributed by atoms with Gasteiger partial charge < -0.3 is 5.11 Å². The molecule has 1 heterocycles. The van der Waals surface area contributed by atoms with E-state index >= 15 is 0 Å². The van der Waals surface area contributed by atoms with Gasteiger partial charge in [-0.25, -0.2) is 0 Å². The van der Waals surface area contributed by atoms with E-state index in [0.29, 0.717) is 17.4 Å². The molecule has 1 N–H and O–H groups in total. The summed E-state index contributed by atoms with van der Waals surface area (Å²) in [4.78, 5) is 0.868. The van der Waals surface area contributed by atoms with Crippen molar-refractivity contribution < 1.29 is 5.11 Å². The maximum atomic E-state index is 10.3. The van der Waals surface area contributed by atoms with Gasteiger partial charge >= 0.3 is 0 Å². The zero-order valence-corrected chi connectivity index (χ0v) is 13.1. The van der Waals surface area contributed by atoms with Crippen molar-refractivity contribution in [3.63, 3.8) is 0 Å². The van der Waals surface area contributed by atoms with Crippen LogP contribution in [0.1, 0.15) is 47.4 Å². The number of benzene rings is 1. The molecule has 1 nitrogen and oxygen atoms in total. The SMILES string of the molecule is Cc1csc(C(O)Cc2ccc(C(C)C)cc2)c1Cl. The van der Waals surface area contributed by atoms with Crippen LogP contribution in [0.15, 0.2) is 29.6 Å². The van der Waals surface area contributed by atoms with Crippen LogP contribution < -0.4 is 0 Å². The van der Waals surface area contributed by atoms with E-state index in [1.165, 1.54) is 16.9 Å². The van der Waals surface area contributed by atoms with E-state index in [-0.39, 0.29) is 0 Å². The number of halogens is 1. The fourth-order valence-electron chi connectivity index (χ4n) is 2.03. The zero-order chi connectivity index (χ0) is 14.0. The summed E-state index contributed by atoms with van der Waals surface area (Å²) in [6.07, 6.45) is 0.0917. The van der Waals surface area contributed by atoms with E-state index < -0.39 is 6.10 Å². The summed E-state index contributed by atoms with van der Waals surface area (Å²) in [6.45, 7) is 6.32. The molecule has 0 aliphatic heterocycles. The largest absolute Gasteiger partial charge is 0.387 e. The Labute approximate surface area is 123 Å². The van der Waals surface area contributed by atoms with Gasteiger partial charge in [0.2, 0.25) is 0 Å². The number of thiophene rings is 1. The van der Waals surface area contributed by atoms with Crippen molar-refractivity contribution in [1.29, 1.82) is 0 Å². The Morgan fingerprint density at radius 2 is 1.84 bits per heavy atom. The molecule has 19 heavy (non-hydrogen) atoms. The molecule has 3 heteroatoms. The van der Waals surface area contributed by atoms with E-state index in [0.717, 1.165) is 16.0 Å². The quantitative estimate of drug-likeness (QED) is 0.831. The van der Waals surface area contributed by atoms with Crippen LogP contribution in [-0.2, 0) is 6.42 Å². The standard InChI is InChI=1S/C16H19ClOS/c1-10(2)13-6-4-12(5-7-13)8-14(18)16-15(17)11(3)9-19-16/h4-7,9-10,14,18H,8H2,1-3H3. The molecule has 0 bridgehead atoms. The summed E-state index contributed by atoms with van der Waals surface area (Å²) in [5.74, 6) is 0.536. The van der Waals surface area contributed by atoms with Crippen molar-refractivity contribution in [2.75, 3.05) is 0 Å². The van der Waals surface area contributed by atoms with Crippen LogP contribution in [0.3, 0.4) is 0 Å². The molecule has 0 aliphatic carbocycles. The van der Waals surface area contributed by atoms with Crippen molar-refractivity contribution in [3.05, 3.63) is 56.2 Å². The van der Waals surface area contributed by atoms with Gasteiger partial charge in [0.25, 0.3) is 0 Å². The summed E-state index contributed by atoms with van der Waals surface area (Å²) in [5.41, 5.74) is 3.50. The van der Waals surface area contributed by atoms with Gasteiger partial charge in [-0.2, -0.15) is 0 Å². The lowest BCUT2D eigenvalue weighted by Crippen LogP contribution is -2.00. The Balaban J connectivity index is 2.10. The van der Waals surface area contributed by atoms with Crippen LogP contribution in [0.5, 0.6) is 0 Å². The van der Waals surface area contributed by atoms with E-state index in [4.69, 9.17) is 11.6 Å². The Morgan fingerprint density at radius 3 is 2.32 bits per heavy atom. The first kappa shape index (κ1) is 14.6. The number of rotatable bonds is 4. The van der Waals surface area contributed by atoms with Crippen LogP contribution in [0, 0.1) is 6.92 Å². The average molecular weight is 295 g/mol.